The third-order valence-corrected chi connectivity index (χ3v) is 4.05. The monoisotopic (exact) mass is 346 g/mol. The first-order valence-electron chi connectivity index (χ1n) is 5.45. The molecule has 100 valence electrons. The lowest BCUT2D eigenvalue weighted by atomic mass is 10.0. The summed E-state index contributed by atoms with van der Waals surface area (Å²) in [6.45, 7) is 0. The molecule has 0 aliphatic heterocycles. The highest BCUT2D eigenvalue weighted by Crippen LogP contribution is 2.34. The Bertz CT molecular complexity index is 604. The van der Waals surface area contributed by atoms with Crippen LogP contribution < -0.4 is 4.74 Å². The van der Waals surface area contributed by atoms with E-state index in [2.05, 4.69) is 15.9 Å². The molecule has 0 aliphatic rings. The van der Waals surface area contributed by atoms with Crippen molar-refractivity contribution in [1.82, 2.24) is 0 Å². The molecule has 1 unspecified atom stereocenters. The number of benzene rings is 2. The summed E-state index contributed by atoms with van der Waals surface area (Å²) in [6, 6.07) is 9.05. The number of alkyl halides is 1. The van der Waals surface area contributed by atoms with Gasteiger partial charge < -0.3 is 4.74 Å². The highest BCUT2D eigenvalue weighted by Gasteiger charge is 2.14. The molecule has 2 rings (SSSR count). The maximum atomic E-state index is 13.6. The normalized spacial score (nSPS) is 12.3. The van der Waals surface area contributed by atoms with Crippen LogP contribution in [0.5, 0.6) is 5.75 Å². The number of ether oxygens (including phenoxy) is 1. The molecule has 2 aromatic carbocycles. The predicted molar refractivity (Wildman–Crippen MR) is 75.1 cm³/mol. The molecule has 0 radical (unpaired) electrons. The second-order valence-electron chi connectivity index (χ2n) is 3.93. The third kappa shape index (κ3) is 3.07. The average Bonchev–Trinajstić information content (AvgIpc) is 2.41. The zero-order chi connectivity index (χ0) is 14.0. The van der Waals surface area contributed by atoms with Crippen LogP contribution in [0, 0.1) is 11.6 Å². The van der Waals surface area contributed by atoms with Crippen LogP contribution in [-0.2, 0) is 0 Å². The van der Waals surface area contributed by atoms with Crippen LogP contribution in [0.3, 0.4) is 0 Å². The lowest BCUT2D eigenvalue weighted by molar-refractivity contribution is 0.386. The van der Waals surface area contributed by atoms with E-state index in [1.807, 2.05) is 0 Å². The molecule has 0 fully saturated rings. The molecule has 5 heteroatoms. The van der Waals surface area contributed by atoms with Gasteiger partial charge in [-0.2, -0.15) is 0 Å². The molecule has 0 heterocycles. The van der Waals surface area contributed by atoms with E-state index in [-0.39, 0.29) is 15.6 Å². The van der Waals surface area contributed by atoms with Crippen LogP contribution in [0.15, 0.2) is 36.4 Å². The van der Waals surface area contributed by atoms with Crippen molar-refractivity contribution >= 4 is 27.5 Å². The van der Waals surface area contributed by atoms with Crippen molar-refractivity contribution in [3.05, 3.63) is 64.2 Å². The van der Waals surface area contributed by atoms with Gasteiger partial charge in [-0.05, 0) is 35.4 Å². The van der Waals surface area contributed by atoms with E-state index < -0.39 is 11.6 Å². The molecule has 0 bridgehead atoms. The van der Waals surface area contributed by atoms with Gasteiger partial charge in [-0.3, -0.25) is 0 Å². The summed E-state index contributed by atoms with van der Waals surface area (Å²) < 4.78 is 31.6. The molecule has 0 N–H and O–H groups in total. The Kier molecular flexibility index (Phi) is 4.42. The molecular formula is C14H10BrClF2O. The van der Waals surface area contributed by atoms with Crippen LogP contribution in [-0.4, -0.2) is 7.11 Å². The van der Waals surface area contributed by atoms with Crippen LogP contribution in [0.4, 0.5) is 8.78 Å². The quantitative estimate of drug-likeness (QED) is 0.701. The summed E-state index contributed by atoms with van der Waals surface area (Å²) in [4.78, 5) is -0.272. The first-order valence-corrected chi connectivity index (χ1v) is 6.74. The minimum atomic E-state index is -0.481. The Hall–Kier alpha value is -1.13. The lowest BCUT2D eigenvalue weighted by Crippen LogP contribution is -1.96. The highest BCUT2D eigenvalue weighted by atomic mass is 79.9. The summed E-state index contributed by atoms with van der Waals surface area (Å²) in [5.74, 6) is -0.746. The summed E-state index contributed by atoms with van der Waals surface area (Å²) in [7, 11) is 1.41. The maximum Gasteiger partial charge on any atom is 0.165 e. The first kappa shape index (κ1) is 14.3. The van der Waals surface area contributed by atoms with Gasteiger partial charge in [0.15, 0.2) is 11.6 Å². The molecule has 0 aromatic heterocycles. The largest absolute Gasteiger partial charge is 0.494 e. The van der Waals surface area contributed by atoms with E-state index in [1.54, 1.807) is 18.2 Å². The average molecular weight is 348 g/mol. The van der Waals surface area contributed by atoms with Gasteiger partial charge in [0.2, 0.25) is 0 Å². The van der Waals surface area contributed by atoms with Crippen molar-refractivity contribution in [3.63, 3.8) is 0 Å². The van der Waals surface area contributed by atoms with Crippen molar-refractivity contribution in [2.75, 3.05) is 7.11 Å². The van der Waals surface area contributed by atoms with E-state index in [1.165, 1.54) is 25.3 Å². The fourth-order valence-electron chi connectivity index (χ4n) is 1.70. The topological polar surface area (TPSA) is 9.23 Å². The van der Waals surface area contributed by atoms with Gasteiger partial charge >= 0.3 is 0 Å². The molecule has 1 atom stereocenters. The molecule has 2 aromatic rings. The van der Waals surface area contributed by atoms with Crippen molar-refractivity contribution in [2.45, 2.75) is 4.83 Å². The van der Waals surface area contributed by atoms with E-state index in [0.717, 1.165) is 5.56 Å². The van der Waals surface area contributed by atoms with Gasteiger partial charge in [0.1, 0.15) is 5.82 Å². The second-order valence-corrected chi connectivity index (χ2v) is 5.25. The Balaban J connectivity index is 2.35. The number of methoxy groups -OCH3 is 1. The number of halogens is 4. The Morgan fingerprint density at radius 1 is 1.05 bits per heavy atom. The fraction of sp³-hybridized carbons (Fsp3) is 0.143. The van der Waals surface area contributed by atoms with Crippen LogP contribution in [0.2, 0.25) is 5.02 Å². The van der Waals surface area contributed by atoms with E-state index in [9.17, 15) is 8.78 Å². The summed E-state index contributed by atoms with van der Waals surface area (Å²) in [5.41, 5.74) is 1.44. The van der Waals surface area contributed by atoms with Crippen molar-refractivity contribution < 1.29 is 13.5 Å². The Morgan fingerprint density at radius 2 is 1.68 bits per heavy atom. The molecule has 0 spiro atoms. The van der Waals surface area contributed by atoms with Crippen molar-refractivity contribution in [1.29, 1.82) is 0 Å². The minimum Gasteiger partial charge on any atom is -0.494 e. The maximum absolute atomic E-state index is 13.6. The first-order chi connectivity index (χ1) is 9.02. The van der Waals surface area contributed by atoms with Gasteiger partial charge in [0, 0.05) is 0 Å². The number of hydrogen-bond donors (Lipinski definition) is 0. The predicted octanol–water partition coefficient (Wildman–Crippen LogP) is 5.11. The lowest BCUT2D eigenvalue weighted by Gasteiger charge is -2.12. The van der Waals surface area contributed by atoms with Gasteiger partial charge in [-0.1, -0.05) is 39.7 Å². The SMILES string of the molecule is COc1ccc(C(Br)c2ccc(F)c(Cl)c2)cc1F. The Labute approximate surface area is 123 Å². The number of hydrogen-bond acceptors (Lipinski definition) is 1. The summed E-state index contributed by atoms with van der Waals surface area (Å²) in [5, 5.41) is 0.0379. The standard InChI is InChI=1S/C14H10BrClF2O/c1-19-13-5-3-9(7-12(13)18)14(15)8-2-4-11(17)10(16)6-8/h2-7,14H,1H3. The van der Waals surface area contributed by atoms with Crippen molar-refractivity contribution in [2.24, 2.45) is 0 Å². The molecule has 0 amide bonds. The van der Waals surface area contributed by atoms with Crippen LogP contribution >= 0.6 is 27.5 Å². The Morgan fingerprint density at radius 3 is 2.26 bits per heavy atom. The molecule has 0 saturated carbocycles. The van der Waals surface area contributed by atoms with Gasteiger partial charge in [0.05, 0.1) is 17.0 Å². The highest BCUT2D eigenvalue weighted by molar-refractivity contribution is 9.09. The zero-order valence-electron chi connectivity index (χ0n) is 9.96. The van der Waals surface area contributed by atoms with Crippen LogP contribution in [0.25, 0.3) is 0 Å². The number of rotatable bonds is 3. The molecule has 1 nitrogen and oxygen atoms in total. The molecule has 19 heavy (non-hydrogen) atoms. The van der Waals surface area contributed by atoms with E-state index in [4.69, 9.17) is 16.3 Å². The minimum absolute atomic E-state index is 0.0379. The molecule has 0 aliphatic carbocycles. The van der Waals surface area contributed by atoms with Crippen molar-refractivity contribution in [3.8, 4) is 5.75 Å². The van der Waals surface area contributed by atoms with Gasteiger partial charge in [-0.25, -0.2) is 8.78 Å². The van der Waals surface area contributed by atoms with E-state index >= 15 is 0 Å². The summed E-state index contributed by atoms with van der Waals surface area (Å²) >= 11 is 9.18. The fourth-order valence-corrected chi connectivity index (χ4v) is 2.46. The summed E-state index contributed by atoms with van der Waals surface area (Å²) in [6.07, 6.45) is 0. The second kappa shape index (κ2) is 5.88. The van der Waals surface area contributed by atoms with E-state index in [0.29, 0.717) is 5.56 Å². The third-order valence-electron chi connectivity index (χ3n) is 2.70. The van der Waals surface area contributed by atoms with Gasteiger partial charge in [-0.15, -0.1) is 0 Å². The van der Waals surface area contributed by atoms with Crippen LogP contribution in [0.1, 0.15) is 16.0 Å². The van der Waals surface area contributed by atoms with Gasteiger partial charge in [0.25, 0.3) is 0 Å². The molecular weight excluding hydrogens is 338 g/mol. The smallest absolute Gasteiger partial charge is 0.165 e. The molecule has 0 saturated heterocycles. The zero-order valence-corrected chi connectivity index (χ0v) is 12.3.